The van der Waals surface area contributed by atoms with E-state index in [1.807, 2.05) is 29.5 Å². The van der Waals surface area contributed by atoms with Crippen LogP contribution in [0.15, 0.2) is 35.3 Å². The van der Waals surface area contributed by atoms with Crippen molar-refractivity contribution in [2.75, 3.05) is 27.8 Å². The molecule has 0 saturated carbocycles. The van der Waals surface area contributed by atoms with Crippen molar-refractivity contribution in [3.63, 3.8) is 0 Å². The molecule has 0 radical (unpaired) electrons. The predicted octanol–water partition coefficient (Wildman–Crippen LogP) is 3.41. The molecule has 142 valence electrons. The molecule has 26 heavy (non-hydrogen) atoms. The largest absolute Gasteiger partial charge is 0.497 e. The third-order valence-corrected chi connectivity index (χ3v) is 5.11. The monoisotopic (exact) mass is 375 g/mol. The van der Waals surface area contributed by atoms with Gasteiger partial charge in [-0.3, -0.25) is 4.99 Å². The van der Waals surface area contributed by atoms with Crippen LogP contribution in [0.4, 0.5) is 0 Å². The third kappa shape index (κ3) is 5.95. The minimum atomic E-state index is 0.311. The second-order valence-electron chi connectivity index (χ2n) is 6.19. The molecule has 0 aliphatic heterocycles. The van der Waals surface area contributed by atoms with Gasteiger partial charge in [-0.1, -0.05) is 0 Å². The highest BCUT2D eigenvalue weighted by atomic mass is 32.1. The quantitative estimate of drug-likeness (QED) is 0.548. The Hall–Kier alpha value is -2.21. The Balaban J connectivity index is 1.85. The van der Waals surface area contributed by atoms with Crippen molar-refractivity contribution in [3.8, 4) is 11.5 Å². The minimum Gasteiger partial charge on any atom is -0.497 e. The normalized spacial score (nSPS) is 12.6. The standard InChI is InChI=1S/C20H29N3O2S/c1-14(12-18-8-6-15(2)26-18)23-20(21-3)22-11-10-16-13-17(24-4)7-9-19(16)25-5/h6-9,13-14H,10-12H2,1-5H3,(H2,21,22,23). The van der Waals surface area contributed by atoms with E-state index in [1.54, 1.807) is 21.3 Å². The Morgan fingerprint density at radius 1 is 1.19 bits per heavy atom. The molecule has 1 unspecified atom stereocenters. The van der Waals surface area contributed by atoms with Crippen LogP contribution in [0.3, 0.4) is 0 Å². The molecule has 2 rings (SSSR count). The molecule has 0 aliphatic carbocycles. The van der Waals surface area contributed by atoms with Crippen molar-refractivity contribution in [3.05, 3.63) is 45.6 Å². The van der Waals surface area contributed by atoms with Crippen molar-refractivity contribution in [1.82, 2.24) is 10.6 Å². The van der Waals surface area contributed by atoms with Gasteiger partial charge in [0, 0.05) is 35.8 Å². The zero-order valence-electron chi connectivity index (χ0n) is 16.3. The number of hydrogen-bond donors (Lipinski definition) is 2. The van der Waals surface area contributed by atoms with Gasteiger partial charge >= 0.3 is 0 Å². The molecule has 0 saturated heterocycles. The molecular formula is C20H29N3O2S. The number of nitrogens with one attached hydrogen (secondary N) is 2. The first kappa shape index (κ1) is 20.1. The molecule has 2 aromatic rings. The molecule has 1 aromatic carbocycles. The maximum Gasteiger partial charge on any atom is 0.191 e. The van der Waals surface area contributed by atoms with Crippen molar-refractivity contribution < 1.29 is 9.47 Å². The number of methoxy groups -OCH3 is 2. The average molecular weight is 376 g/mol. The number of thiophene rings is 1. The summed E-state index contributed by atoms with van der Waals surface area (Å²) in [7, 11) is 5.16. The number of guanidine groups is 1. The van der Waals surface area contributed by atoms with E-state index in [1.165, 1.54) is 9.75 Å². The van der Waals surface area contributed by atoms with E-state index < -0.39 is 0 Å². The predicted molar refractivity (Wildman–Crippen MR) is 110 cm³/mol. The second-order valence-corrected chi connectivity index (χ2v) is 7.56. The van der Waals surface area contributed by atoms with Crippen LogP contribution in [0.25, 0.3) is 0 Å². The van der Waals surface area contributed by atoms with Gasteiger partial charge in [0.25, 0.3) is 0 Å². The number of ether oxygens (including phenoxy) is 2. The summed E-state index contributed by atoms with van der Waals surface area (Å²) in [5.41, 5.74) is 1.11. The first-order valence-electron chi connectivity index (χ1n) is 8.79. The van der Waals surface area contributed by atoms with Crippen molar-refractivity contribution in [2.24, 2.45) is 4.99 Å². The number of rotatable bonds is 8. The first-order chi connectivity index (χ1) is 12.5. The lowest BCUT2D eigenvalue weighted by Crippen LogP contribution is -2.43. The molecule has 0 spiro atoms. The summed E-state index contributed by atoms with van der Waals surface area (Å²) >= 11 is 1.85. The van der Waals surface area contributed by atoms with Crippen LogP contribution in [-0.4, -0.2) is 39.8 Å². The van der Waals surface area contributed by atoms with E-state index in [0.717, 1.165) is 42.4 Å². The molecule has 2 N–H and O–H groups in total. The fourth-order valence-corrected chi connectivity index (χ4v) is 3.79. The third-order valence-electron chi connectivity index (χ3n) is 4.08. The first-order valence-corrected chi connectivity index (χ1v) is 9.60. The summed E-state index contributed by atoms with van der Waals surface area (Å²) in [5, 5.41) is 6.83. The smallest absolute Gasteiger partial charge is 0.191 e. The van der Waals surface area contributed by atoms with E-state index in [-0.39, 0.29) is 0 Å². The molecule has 5 nitrogen and oxygen atoms in total. The van der Waals surface area contributed by atoms with Gasteiger partial charge < -0.3 is 20.1 Å². The molecule has 0 fully saturated rings. The van der Waals surface area contributed by atoms with Gasteiger partial charge in [0.1, 0.15) is 11.5 Å². The van der Waals surface area contributed by atoms with Crippen molar-refractivity contribution in [2.45, 2.75) is 32.7 Å². The van der Waals surface area contributed by atoms with Crippen LogP contribution in [0.5, 0.6) is 11.5 Å². The zero-order valence-corrected chi connectivity index (χ0v) is 17.1. The number of hydrogen-bond acceptors (Lipinski definition) is 4. The topological polar surface area (TPSA) is 54.9 Å². The molecular weight excluding hydrogens is 346 g/mol. The SMILES string of the molecule is CN=C(NCCc1cc(OC)ccc1OC)NC(C)Cc1ccc(C)s1. The summed E-state index contributed by atoms with van der Waals surface area (Å²) in [6, 6.07) is 10.5. The summed E-state index contributed by atoms with van der Waals surface area (Å²) in [6.45, 7) is 5.07. The van der Waals surface area contributed by atoms with Gasteiger partial charge in [0.15, 0.2) is 5.96 Å². The molecule has 1 heterocycles. The number of aliphatic imine (C=N–C) groups is 1. The van der Waals surface area contributed by atoms with Gasteiger partial charge in [0.05, 0.1) is 14.2 Å². The van der Waals surface area contributed by atoms with Crippen molar-refractivity contribution in [1.29, 1.82) is 0 Å². The summed E-state index contributed by atoms with van der Waals surface area (Å²) in [5.74, 6) is 2.52. The Bertz CT molecular complexity index is 728. The van der Waals surface area contributed by atoms with Crippen molar-refractivity contribution >= 4 is 17.3 Å². The lowest BCUT2D eigenvalue weighted by atomic mass is 10.1. The highest BCUT2D eigenvalue weighted by molar-refractivity contribution is 7.11. The Labute approximate surface area is 160 Å². The summed E-state index contributed by atoms with van der Waals surface area (Å²) in [6.07, 6.45) is 1.81. The highest BCUT2D eigenvalue weighted by Crippen LogP contribution is 2.24. The molecule has 0 bridgehead atoms. The number of benzene rings is 1. The van der Waals surface area contributed by atoms with Crippen LogP contribution < -0.4 is 20.1 Å². The van der Waals surface area contributed by atoms with Crippen LogP contribution in [0.1, 0.15) is 22.2 Å². The molecule has 1 atom stereocenters. The van der Waals surface area contributed by atoms with E-state index in [2.05, 4.69) is 41.6 Å². The van der Waals surface area contributed by atoms with Gasteiger partial charge in [0.2, 0.25) is 0 Å². The fraction of sp³-hybridized carbons (Fsp3) is 0.450. The Morgan fingerprint density at radius 2 is 2.00 bits per heavy atom. The van der Waals surface area contributed by atoms with Gasteiger partial charge in [-0.05, 0) is 56.2 Å². The van der Waals surface area contributed by atoms with Crippen LogP contribution >= 0.6 is 11.3 Å². The maximum atomic E-state index is 5.43. The highest BCUT2D eigenvalue weighted by Gasteiger charge is 2.09. The maximum absolute atomic E-state index is 5.43. The van der Waals surface area contributed by atoms with Gasteiger partial charge in [-0.25, -0.2) is 0 Å². The number of aryl methyl sites for hydroxylation is 1. The summed E-state index contributed by atoms with van der Waals surface area (Å²) < 4.78 is 10.7. The fourth-order valence-electron chi connectivity index (χ4n) is 2.77. The lowest BCUT2D eigenvalue weighted by Gasteiger charge is -2.18. The van der Waals surface area contributed by atoms with Crippen LogP contribution in [0, 0.1) is 6.92 Å². The van der Waals surface area contributed by atoms with Crippen LogP contribution in [0.2, 0.25) is 0 Å². The van der Waals surface area contributed by atoms with E-state index in [9.17, 15) is 0 Å². The lowest BCUT2D eigenvalue weighted by molar-refractivity contribution is 0.398. The van der Waals surface area contributed by atoms with E-state index in [0.29, 0.717) is 6.04 Å². The molecule has 1 aromatic heterocycles. The van der Waals surface area contributed by atoms with Gasteiger partial charge in [-0.2, -0.15) is 0 Å². The Morgan fingerprint density at radius 3 is 2.62 bits per heavy atom. The zero-order chi connectivity index (χ0) is 18.9. The molecule has 0 aliphatic rings. The minimum absolute atomic E-state index is 0.311. The molecule has 6 heteroatoms. The van der Waals surface area contributed by atoms with Crippen LogP contribution in [-0.2, 0) is 12.8 Å². The van der Waals surface area contributed by atoms with E-state index >= 15 is 0 Å². The van der Waals surface area contributed by atoms with Gasteiger partial charge in [-0.15, -0.1) is 11.3 Å². The summed E-state index contributed by atoms with van der Waals surface area (Å²) in [4.78, 5) is 7.06. The average Bonchev–Trinajstić information content (AvgIpc) is 3.05. The second kappa shape index (κ2) is 10.1. The Kier molecular flexibility index (Phi) is 7.78. The molecule has 0 amide bonds. The number of nitrogens with zero attached hydrogens (tertiary/aromatic N) is 1. The van der Waals surface area contributed by atoms with E-state index in [4.69, 9.17) is 9.47 Å².